The van der Waals surface area contributed by atoms with Crippen molar-refractivity contribution < 1.29 is 0 Å². The highest BCUT2D eigenvalue weighted by molar-refractivity contribution is 7.99. The first kappa shape index (κ1) is 9.56. The van der Waals surface area contributed by atoms with Crippen molar-refractivity contribution in [3.8, 4) is 0 Å². The zero-order chi connectivity index (χ0) is 9.10. The fourth-order valence-electron chi connectivity index (χ4n) is 1.74. The second kappa shape index (κ2) is 4.49. The average molecular weight is 213 g/mol. The molecule has 1 nitrogen and oxygen atoms in total. The van der Waals surface area contributed by atoms with Crippen LogP contribution >= 0.6 is 23.1 Å². The van der Waals surface area contributed by atoms with Crippen molar-refractivity contribution in [2.24, 2.45) is 11.7 Å². The summed E-state index contributed by atoms with van der Waals surface area (Å²) in [7, 11) is 0. The van der Waals surface area contributed by atoms with Crippen LogP contribution in [0.1, 0.15) is 12.0 Å². The zero-order valence-corrected chi connectivity index (χ0v) is 9.24. The van der Waals surface area contributed by atoms with Crippen molar-refractivity contribution in [2.45, 2.75) is 18.9 Å². The molecule has 72 valence electrons. The van der Waals surface area contributed by atoms with Gasteiger partial charge in [-0.2, -0.15) is 23.1 Å². The summed E-state index contributed by atoms with van der Waals surface area (Å²) in [6.07, 6.45) is 2.38. The largest absolute Gasteiger partial charge is 0.327 e. The topological polar surface area (TPSA) is 26.0 Å². The second-order valence-electron chi connectivity index (χ2n) is 3.62. The molecule has 0 aromatic carbocycles. The predicted octanol–water partition coefficient (Wildman–Crippen LogP) is 2.37. The molecule has 13 heavy (non-hydrogen) atoms. The molecule has 1 aromatic heterocycles. The van der Waals surface area contributed by atoms with Crippen LogP contribution in [0.4, 0.5) is 0 Å². The second-order valence-corrected chi connectivity index (χ2v) is 5.55. The maximum atomic E-state index is 6.16. The van der Waals surface area contributed by atoms with E-state index >= 15 is 0 Å². The molecule has 0 aliphatic carbocycles. The molecule has 1 saturated heterocycles. The Hall–Kier alpha value is 0.01000. The minimum absolute atomic E-state index is 0.379. The van der Waals surface area contributed by atoms with Gasteiger partial charge in [0.1, 0.15) is 0 Å². The van der Waals surface area contributed by atoms with Crippen LogP contribution in [-0.4, -0.2) is 17.5 Å². The molecule has 1 fully saturated rings. The molecular weight excluding hydrogens is 198 g/mol. The smallest absolute Gasteiger partial charge is 0.0116 e. The van der Waals surface area contributed by atoms with Gasteiger partial charge >= 0.3 is 0 Å². The molecule has 2 heterocycles. The molecule has 1 aliphatic rings. The van der Waals surface area contributed by atoms with Gasteiger partial charge in [0.15, 0.2) is 0 Å². The van der Waals surface area contributed by atoms with Gasteiger partial charge in [-0.05, 0) is 52.7 Å². The predicted molar refractivity (Wildman–Crippen MR) is 61.4 cm³/mol. The summed E-state index contributed by atoms with van der Waals surface area (Å²) in [4.78, 5) is 0. The third kappa shape index (κ3) is 2.48. The Morgan fingerprint density at radius 2 is 2.54 bits per heavy atom. The molecule has 1 aromatic rings. The molecule has 0 spiro atoms. The van der Waals surface area contributed by atoms with Gasteiger partial charge in [0.2, 0.25) is 0 Å². The summed E-state index contributed by atoms with van der Waals surface area (Å²) in [5.41, 5.74) is 7.57. The maximum Gasteiger partial charge on any atom is 0.0116 e. The molecule has 0 saturated carbocycles. The van der Waals surface area contributed by atoms with Crippen LogP contribution in [0.5, 0.6) is 0 Å². The summed E-state index contributed by atoms with van der Waals surface area (Å²) in [5, 5.41) is 4.34. The first-order valence-electron chi connectivity index (χ1n) is 4.70. The summed E-state index contributed by atoms with van der Waals surface area (Å²) in [5.74, 6) is 3.33. The molecule has 2 atom stereocenters. The van der Waals surface area contributed by atoms with Gasteiger partial charge in [-0.15, -0.1) is 0 Å². The van der Waals surface area contributed by atoms with E-state index in [9.17, 15) is 0 Å². The molecular formula is C10H15NS2. The molecule has 2 rings (SSSR count). The van der Waals surface area contributed by atoms with Gasteiger partial charge in [0, 0.05) is 6.04 Å². The molecule has 0 radical (unpaired) electrons. The molecule has 1 aliphatic heterocycles. The lowest BCUT2D eigenvalue weighted by molar-refractivity contribution is 0.463. The fourth-order valence-corrected chi connectivity index (χ4v) is 3.77. The van der Waals surface area contributed by atoms with E-state index in [1.165, 1.54) is 23.5 Å². The first-order valence-corrected chi connectivity index (χ1v) is 6.80. The normalized spacial score (nSPS) is 24.8. The Balaban J connectivity index is 1.87. The highest BCUT2D eigenvalue weighted by atomic mass is 32.2. The van der Waals surface area contributed by atoms with Crippen molar-refractivity contribution in [2.75, 3.05) is 11.5 Å². The third-order valence-electron chi connectivity index (χ3n) is 2.62. The minimum Gasteiger partial charge on any atom is -0.327 e. The number of nitrogens with two attached hydrogens (primary N) is 1. The monoisotopic (exact) mass is 213 g/mol. The van der Waals surface area contributed by atoms with Crippen LogP contribution in [0.2, 0.25) is 0 Å². The lowest BCUT2D eigenvalue weighted by atomic mass is 9.95. The summed E-state index contributed by atoms with van der Waals surface area (Å²) < 4.78 is 0. The van der Waals surface area contributed by atoms with Gasteiger partial charge < -0.3 is 5.73 Å². The van der Waals surface area contributed by atoms with Crippen LogP contribution in [-0.2, 0) is 6.42 Å². The van der Waals surface area contributed by atoms with E-state index in [2.05, 4.69) is 16.8 Å². The Labute approximate surface area is 87.7 Å². The van der Waals surface area contributed by atoms with E-state index < -0.39 is 0 Å². The molecule has 3 heteroatoms. The van der Waals surface area contributed by atoms with Crippen molar-refractivity contribution in [1.29, 1.82) is 0 Å². The molecule has 0 amide bonds. The molecule has 2 N–H and O–H groups in total. The standard InChI is InChI=1S/C10H15NS2/c11-10(9-2-4-13-7-9)5-8-1-3-12-6-8/h1,3,6,9-10H,2,4-5,7,11H2. The van der Waals surface area contributed by atoms with E-state index in [4.69, 9.17) is 5.73 Å². The van der Waals surface area contributed by atoms with Crippen LogP contribution < -0.4 is 5.73 Å². The number of hydrogen-bond acceptors (Lipinski definition) is 3. The number of hydrogen-bond donors (Lipinski definition) is 1. The Morgan fingerprint density at radius 3 is 3.15 bits per heavy atom. The summed E-state index contributed by atoms with van der Waals surface area (Å²) in [6.45, 7) is 0. The van der Waals surface area contributed by atoms with Crippen molar-refractivity contribution >= 4 is 23.1 Å². The van der Waals surface area contributed by atoms with Gasteiger partial charge in [-0.1, -0.05) is 0 Å². The highest BCUT2D eigenvalue weighted by Crippen LogP contribution is 2.26. The number of thioether (sulfide) groups is 1. The van der Waals surface area contributed by atoms with E-state index in [-0.39, 0.29) is 0 Å². The Bertz CT molecular complexity index is 239. The zero-order valence-electron chi connectivity index (χ0n) is 7.61. The SMILES string of the molecule is NC(Cc1ccsc1)C1CCSC1. The number of thiophene rings is 1. The summed E-state index contributed by atoms with van der Waals surface area (Å²) in [6, 6.07) is 2.57. The van der Waals surface area contributed by atoms with Crippen molar-refractivity contribution in [1.82, 2.24) is 0 Å². The van der Waals surface area contributed by atoms with E-state index in [0.29, 0.717) is 6.04 Å². The molecule has 0 bridgehead atoms. The Morgan fingerprint density at radius 1 is 1.62 bits per heavy atom. The van der Waals surface area contributed by atoms with Gasteiger partial charge in [0.25, 0.3) is 0 Å². The van der Waals surface area contributed by atoms with Crippen molar-refractivity contribution in [3.05, 3.63) is 22.4 Å². The first-order chi connectivity index (χ1) is 6.36. The van der Waals surface area contributed by atoms with Crippen LogP contribution in [0.3, 0.4) is 0 Å². The van der Waals surface area contributed by atoms with Crippen LogP contribution in [0.15, 0.2) is 16.8 Å². The van der Waals surface area contributed by atoms with Gasteiger partial charge in [-0.25, -0.2) is 0 Å². The molecule has 2 unspecified atom stereocenters. The van der Waals surface area contributed by atoms with Gasteiger partial charge in [0.05, 0.1) is 0 Å². The average Bonchev–Trinajstić information content (AvgIpc) is 2.74. The Kier molecular flexibility index (Phi) is 3.30. The van der Waals surface area contributed by atoms with Crippen LogP contribution in [0.25, 0.3) is 0 Å². The maximum absolute atomic E-state index is 6.16. The number of rotatable bonds is 3. The quantitative estimate of drug-likeness (QED) is 0.834. The minimum atomic E-state index is 0.379. The van der Waals surface area contributed by atoms with Gasteiger partial charge in [-0.3, -0.25) is 0 Å². The summed E-state index contributed by atoms with van der Waals surface area (Å²) >= 11 is 3.81. The van der Waals surface area contributed by atoms with E-state index in [0.717, 1.165) is 12.3 Å². The highest BCUT2D eigenvalue weighted by Gasteiger charge is 2.22. The van der Waals surface area contributed by atoms with E-state index in [1.807, 2.05) is 11.8 Å². The van der Waals surface area contributed by atoms with E-state index in [1.54, 1.807) is 11.3 Å². The third-order valence-corrected chi connectivity index (χ3v) is 4.54. The van der Waals surface area contributed by atoms with Crippen LogP contribution in [0, 0.1) is 5.92 Å². The van der Waals surface area contributed by atoms with Crippen molar-refractivity contribution in [3.63, 3.8) is 0 Å². The lowest BCUT2D eigenvalue weighted by Crippen LogP contribution is -2.32. The fraction of sp³-hybridized carbons (Fsp3) is 0.600. The lowest BCUT2D eigenvalue weighted by Gasteiger charge is -2.17.